The van der Waals surface area contributed by atoms with Crippen molar-refractivity contribution in [2.75, 3.05) is 0 Å². The summed E-state index contributed by atoms with van der Waals surface area (Å²) in [5.41, 5.74) is 3.20. The smallest absolute Gasteiger partial charge is 0.250 e. The minimum Gasteiger partial charge on any atom is -0.379 e. The second-order valence-corrected chi connectivity index (χ2v) is 2.78. The Morgan fingerprint density at radius 3 is 2.22 bits per heavy atom. The van der Waals surface area contributed by atoms with E-state index in [-0.39, 0.29) is 0 Å². The van der Waals surface area contributed by atoms with Crippen LogP contribution in [0.4, 0.5) is 0 Å². The van der Waals surface area contributed by atoms with Crippen LogP contribution in [0.5, 0.6) is 0 Å². The average molecular weight is 152 g/mol. The van der Waals surface area contributed by atoms with Crippen molar-refractivity contribution in [3.8, 4) is 0 Å². The summed E-state index contributed by atoms with van der Waals surface area (Å²) in [6.45, 7) is 2.79. The molecule has 0 heterocycles. The fourth-order valence-electron chi connectivity index (χ4n) is 0.196. The predicted molar refractivity (Wildman–Crippen MR) is 35.1 cm³/mol. The van der Waals surface area contributed by atoms with Gasteiger partial charge in [-0.1, -0.05) is 0 Å². The van der Waals surface area contributed by atoms with Crippen LogP contribution in [0.3, 0.4) is 0 Å². The fraction of sp³-hybridized carbons (Fsp3) is 0.800. The number of alkyl halides is 1. The second-order valence-electron chi connectivity index (χ2n) is 2.13. The zero-order valence-corrected chi connectivity index (χ0v) is 6.14. The molecular formula is C5H10ClNO2. The number of carbonyl (C=O) groups is 1. The van der Waals surface area contributed by atoms with E-state index in [1.54, 1.807) is 0 Å². The summed E-state index contributed by atoms with van der Waals surface area (Å²) < 4.78 is 0. The highest BCUT2D eigenvalue weighted by Gasteiger charge is 2.32. The monoisotopic (exact) mass is 151 g/mol. The van der Waals surface area contributed by atoms with Crippen molar-refractivity contribution in [1.29, 1.82) is 0 Å². The topological polar surface area (TPSA) is 63.3 Å². The molecular weight excluding hydrogens is 142 g/mol. The molecule has 3 nitrogen and oxygen atoms in total. The number of hydrogen-bond donors (Lipinski definition) is 2. The first-order valence-corrected chi connectivity index (χ1v) is 2.99. The molecule has 2 unspecified atom stereocenters. The second kappa shape index (κ2) is 2.54. The van der Waals surface area contributed by atoms with Gasteiger partial charge in [0.15, 0.2) is 5.60 Å². The Labute approximate surface area is 58.8 Å². The molecule has 0 saturated heterocycles. The Morgan fingerprint density at radius 1 is 1.89 bits per heavy atom. The first-order valence-electron chi connectivity index (χ1n) is 2.55. The van der Waals surface area contributed by atoms with E-state index in [1.165, 1.54) is 13.8 Å². The summed E-state index contributed by atoms with van der Waals surface area (Å²) in [5.74, 6) is -0.801. The van der Waals surface area contributed by atoms with E-state index in [0.29, 0.717) is 0 Å². The molecule has 3 N–H and O–H groups in total. The van der Waals surface area contributed by atoms with E-state index in [0.717, 1.165) is 0 Å². The van der Waals surface area contributed by atoms with Crippen LogP contribution < -0.4 is 5.73 Å². The van der Waals surface area contributed by atoms with Crippen molar-refractivity contribution in [1.82, 2.24) is 0 Å². The zero-order valence-electron chi connectivity index (χ0n) is 5.39. The lowest BCUT2D eigenvalue weighted by Gasteiger charge is -2.20. The fourth-order valence-corrected chi connectivity index (χ4v) is 0.304. The Hall–Kier alpha value is -0.280. The molecule has 2 atom stereocenters. The summed E-state index contributed by atoms with van der Waals surface area (Å²) in [7, 11) is 0. The lowest BCUT2D eigenvalue weighted by Crippen LogP contribution is -2.47. The van der Waals surface area contributed by atoms with Gasteiger partial charge in [-0.05, 0) is 13.8 Å². The molecule has 0 aromatic heterocycles. The van der Waals surface area contributed by atoms with Crippen LogP contribution in [0.15, 0.2) is 0 Å². The molecule has 0 radical (unpaired) electrons. The number of rotatable bonds is 2. The van der Waals surface area contributed by atoms with E-state index >= 15 is 0 Å². The van der Waals surface area contributed by atoms with Gasteiger partial charge >= 0.3 is 0 Å². The van der Waals surface area contributed by atoms with Gasteiger partial charge in [-0.2, -0.15) is 0 Å². The summed E-state index contributed by atoms with van der Waals surface area (Å²) in [6, 6.07) is 0. The van der Waals surface area contributed by atoms with Crippen molar-refractivity contribution in [3.05, 3.63) is 0 Å². The number of hydrogen-bond acceptors (Lipinski definition) is 2. The van der Waals surface area contributed by atoms with Gasteiger partial charge in [0.2, 0.25) is 0 Å². The molecule has 0 saturated carbocycles. The van der Waals surface area contributed by atoms with Crippen LogP contribution in [0.2, 0.25) is 0 Å². The molecule has 0 aromatic carbocycles. The standard InChI is InChI=1S/C5H10ClNO2/c1-3(6)5(2,9)4(7)8/h3,9H,1-2H3,(H2,7,8). The maximum absolute atomic E-state index is 10.4. The van der Waals surface area contributed by atoms with Crippen molar-refractivity contribution < 1.29 is 9.90 Å². The van der Waals surface area contributed by atoms with Crippen LogP contribution in [0.25, 0.3) is 0 Å². The van der Waals surface area contributed by atoms with Gasteiger partial charge in [0.1, 0.15) is 0 Å². The highest BCUT2D eigenvalue weighted by molar-refractivity contribution is 6.22. The number of carbonyl (C=O) groups excluding carboxylic acids is 1. The normalized spacial score (nSPS) is 20.4. The molecule has 54 valence electrons. The van der Waals surface area contributed by atoms with E-state index in [4.69, 9.17) is 22.4 Å². The minimum absolute atomic E-state index is 0.657. The van der Waals surface area contributed by atoms with Gasteiger partial charge in [0, 0.05) is 0 Å². The highest BCUT2D eigenvalue weighted by Crippen LogP contribution is 2.13. The number of halogens is 1. The van der Waals surface area contributed by atoms with Crippen LogP contribution in [-0.2, 0) is 4.79 Å². The maximum Gasteiger partial charge on any atom is 0.250 e. The molecule has 0 aliphatic heterocycles. The number of primary amides is 1. The summed E-state index contributed by atoms with van der Waals surface area (Å²) in [5, 5.41) is 8.41. The van der Waals surface area contributed by atoms with Crippen LogP contribution in [-0.4, -0.2) is 22.0 Å². The Kier molecular flexibility index (Phi) is 2.46. The highest BCUT2D eigenvalue weighted by atomic mass is 35.5. The van der Waals surface area contributed by atoms with Crippen LogP contribution in [0, 0.1) is 0 Å². The van der Waals surface area contributed by atoms with Crippen molar-refractivity contribution in [3.63, 3.8) is 0 Å². The average Bonchev–Trinajstić information content (AvgIpc) is 1.65. The summed E-state index contributed by atoms with van der Waals surface area (Å²) in [4.78, 5) is 10.4. The van der Waals surface area contributed by atoms with Gasteiger partial charge in [0.05, 0.1) is 5.38 Å². The van der Waals surface area contributed by atoms with E-state index in [2.05, 4.69) is 0 Å². The predicted octanol–water partition coefficient (Wildman–Crippen LogP) is -0.150. The Bertz CT molecular complexity index is 122. The number of aliphatic hydroxyl groups is 1. The van der Waals surface area contributed by atoms with E-state index in [9.17, 15) is 4.79 Å². The SMILES string of the molecule is CC(Cl)C(C)(O)C(N)=O. The molecule has 9 heavy (non-hydrogen) atoms. The van der Waals surface area contributed by atoms with Crippen LogP contribution >= 0.6 is 11.6 Å². The van der Waals surface area contributed by atoms with E-state index < -0.39 is 16.9 Å². The lowest BCUT2D eigenvalue weighted by molar-refractivity contribution is -0.134. The van der Waals surface area contributed by atoms with Crippen molar-refractivity contribution in [2.45, 2.75) is 24.8 Å². The maximum atomic E-state index is 10.4. The third kappa shape index (κ3) is 1.84. The van der Waals surface area contributed by atoms with Gasteiger partial charge in [-0.15, -0.1) is 11.6 Å². The zero-order chi connectivity index (χ0) is 7.65. The van der Waals surface area contributed by atoms with Gasteiger partial charge in [-0.25, -0.2) is 0 Å². The first-order chi connectivity index (χ1) is 3.89. The molecule has 0 bridgehead atoms. The molecule has 0 aliphatic rings. The van der Waals surface area contributed by atoms with Crippen molar-refractivity contribution in [2.24, 2.45) is 5.73 Å². The third-order valence-corrected chi connectivity index (χ3v) is 1.70. The Morgan fingerprint density at radius 2 is 2.22 bits per heavy atom. The molecule has 0 rings (SSSR count). The lowest BCUT2D eigenvalue weighted by atomic mass is 10.0. The number of amides is 1. The van der Waals surface area contributed by atoms with Crippen molar-refractivity contribution >= 4 is 17.5 Å². The Balaban J connectivity index is 4.19. The largest absolute Gasteiger partial charge is 0.379 e. The van der Waals surface area contributed by atoms with Gasteiger partial charge in [-0.3, -0.25) is 4.79 Å². The van der Waals surface area contributed by atoms with Crippen LogP contribution in [0.1, 0.15) is 13.8 Å². The number of nitrogens with two attached hydrogens (primary N) is 1. The molecule has 4 heteroatoms. The summed E-state index contributed by atoms with van der Waals surface area (Å²) >= 11 is 5.41. The molecule has 0 spiro atoms. The summed E-state index contributed by atoms with van der Waals surface area (Å²) in [6.07, 6.45) is 0. The van der Waals surface area contributed by atoms with E-state index in [1.807, 2.05) is 0 Å². The van der Waals surface area contributed by atoms with Gasteiger partial charge in [0.25, 0.3) is 5.91 Å². The molecule has 1 amide bonds. The van der Waals surface area contributed by atoms with Gasteiger partial charge < -0.3 is 10.8 Å². The quantitative estimate of drug-likeness (QED) is 0.540. The molecule has 0 aromatic rings. The third-order valence-electron chi connectivity index (χ3n) is 1.27. The first kappa shape index (κ1) is 8.72. The molecule has 0 fully saturated rings. The molecule has 0 aliphatic carbocycles. The minimum atomic E-state index is -1.60.